The molecule has 1 saturated heterocycles. The van der Waals surface area contributed by atoms with Gasteiger partial charge in [-0.05, 0) is 33.3 Å². The first kappa shape index (κ1) is 12.1. The lowest BCUT2D eigenvalue weighted by Crippen LogP contribution is -2.40. The van der Waals surface area contributed by atoms with Crippen LogP contribution in [0, 0.1) is 0 Å². The first-order valence-electron chi connectivity index (χ1n) is 6.05. The van der Waals surface area contributed by atoms with Crippen molar-refractivity contribution in [3.05, 3.63) is 12.3 Å². The molecule has 0 amide bonds. The number of anilines is 2. The van der Waals surface area contributed by atoms with Gasteiger partial charge in [-0.1, -0.05) is 0 Å². The van der Waals surface area contributed by atoms with Gasteiger partial charge in [-0.15, -0.1) is 0 Å². The van der Waals surface area contributed by atoms with Gasteiger partial charge in [0.1, 0.15) is 5.82 Å². The molecule has 1 aromatic heterocycles. The number of rotatable bonds is 2. The van der Waals surface area contributed by atoms with E-state index >= 15 is 0 Å². The zero-order chi connectivity index (χ0) is 12.5. The number of nitrogen functional groups attached to an aromatic ring is 1. The first-order chi connectivity index (χ1) is 7.95. The van der Waals surface area contributed by atoms with Gasteiger partial charge in [0.25, 0.3) is 0 Å². The molecule has 0 radical (unpaired) electrons. The third kappa shape index (κ3) is 3.06. The van der Waals surface area contributed by atoms with Crippen molar-refractivity contribution in [3.63, 3.8) is 0 Å². The summed E-state index contributed by atoms with van der Waals surface area (Å²) in [4.78, 5) is 10.8. The van der Waals surface area contributed by atoms with E-state index in [4.69, 9.17) is 5.73 Å². The Balaban J connectivity index is 1.94. The summed E-state index contributed by atoms with van der Waals surface area (Å²) in [6.45, 7) is 8.87. The second-order valence-electron chi connectivity index (χ2n) is 5.55. The summed E-state index contributed by atoms with van der Waals surface area (Å²) in [6, 6.07) is 2.11. The number of aromatic nitrogens is 2. The van der Waals surface area contributed by atoms with Crippen LogP contribution < -0.4 is 11.1 Å². The van der Waals surface area contributed by atoms with Gasteiger partial charge in [-0.2, -0.15) is 4.98 Å². The second-order valence-corrected chi connectivity index (χ2v) is 5.55. The van der Waals surface area contributed by atoms with Crippen LogP contribution in [-0.2, 0) is 0 Å². The summed E-state index contributed by atoms with van der Waals surface area (Å²) in [5.74, 6) is 1.14. The summed E-state index contributed by atoms with van der Waals surface area (Å²) in [5.41, 5.74) is 5.86. The van der Waals surface area contributed by atoms with E-state index in [1.54, 1.807) is 12.3 Å². The van der Waals surface area contributed by atoms with E-state index < -0.39 is 0 Å². The number of hydrogen-bond acceptors (Lipinski definition) is 5. The van der Waals surface area contributed by atoms with Gasteiger partial charge in [0, 0.05) is 30.9 Å². The van der Waals surface area contributed by atoms with Crippen molar-refractivity contribution in [1.29, 1.82) is 0 Å². The van der Waals surface area contributed by atoms with Crippen molar-refractivity contribution in [2.45, 2.75) is 38.8 Å². The molecule has 1 aliphatic heterocycles. The van der Waals surface area contributed by atoms with E-state index in [0.29, 0.717) is 17.8 Å². The van der Waals surface area contributed by atoms with E-state index in [0.717, 1.165) is 19.5 Å². The Labute approximate surface area is 102 Å². The molecule has 0 saturated carbocycles. The zero-order valence-corrected chi connectivity index (χ0v) is 10.8. The van der Waals surface area contributed by atoms with Gasteiger partial charge >= 0.3 is 0 Å². The van der Waals surface area contributed by atoms with Crippen molar-refractivity contribution in [1.82, 2.24) is 14.9 Å². The Morgan fingerprint density at radius 1 is 1.47 bits per heavy atom. The van der Waals surface area contributed by atoms with Crippen LogP contribution in [0.4, 0.5) is 11.8 Å². The quantitative estimate of drug-likeness (QED) is 0.810. The molecule has 1 aromatic rings. The molecule has 2 rings (SSSR count). The number of hydrogen-bond donors (Lipinski definition) is 2. The molecule has 0 aliphatic carbocycles. The highest BCUT2D eigenvalue weighted by Crippen LogP contribution is 2.21. The van der Waals surface area contributed by atoms with Gasteiger partial charge in [-0.3, -0.25) is 4.90 Å². The minimum Gasteiger partial charge on any atom is -0.384 e. The maximum absolute atomic E-state index is 5.63. The zero-order valence-electron chi connectivity index (χ0n) is 10.8. The first-order valence-corrected chi connectivity index (χ1v) is 6.05. The Morgan fingerprint density at radius 3 is 2.82 bits per heavy atom. The molecular formula is C12H21N5. The number of likely N-dealkylation sites (tertiary alicyclic amines) is 1. The lowest BCUT2D eigenvalue weighted by Gasteiger charge is -2.31. The van der Waals surface area contributed by atoms with Crippen LogP contribution in [0.3, 0.4) is 0 Å². The maximum atomic E-state index is 5.63. The fourth-order valence-electron chi connectivity index (χ4n) is 2.11. The van der Waals surface area contributed by atoms with E-state index in [1.165, 1.54) is 0 Å². The Morgan fingerprint density at radius 2 is 2.24 bits per heavy atom. The average molecular weight is 235 g/mol. The smallest absolute Gasteiger partial charge is 0.224 e. The fraction of sp³-hybridized carbons (Fsp3) is 0.667. The molecule has 3 N–H and O–H groups in total. The summed E-state index contributed by atoms with van der Waals surface area (Å²) < 4.78 is 0. The SMILES string of the molecule is CC(C)(C)N1CCC(Nc2nccc(N)n2)C1. The van der Waals surface area contributed by atoms with E-state index in [-0.39, 0.29) is 5.54 Å². The topological polar surface area (TPSA) is 67.1 Å². The van der Waals surface area contributed by atoms with E-state index in [2.05, 4.69) is 41.0 Å². The molecule has 94 valence electrons. The lowest BCUT2D eigenvalue weighted by atomic mass is 10.1. The van der Waals surface area contributed by atoms with Crippen molar-refractivity contribution in [3.8, 4) is 0 Å². The molecule has 1 unspecified atom stereocenters. The number of nitrogens with zero attached hydrogens (tertiary/aromatic N) is 3. The highest BCUT2D eigenvalue weighted by atomic mass is 15.3. The summed E-state index contributed by atoms with van der Waals surface area (Å²) in [6.07, 6.45) is 2.80. The molecule has 1 fully saturated rings. The Bertz CT molecular complexity index is 385. The predicted octanol–water partition coefficient (Wildman–Crippen LogP) is 1.34. The maximum Gasteiger partial charge on any atom is 0.224 e. The van der Waals surface area contributed by atoms with Gasteiger partial charge in [0.15, 0.2) is 0 Å². The summed E-state index contributed by atoms with van der Waals surface area (Å²) in [5, 5.41) is 3.34. The van der Waals surface area contributed by atoms with Crippen LogP contribution in [0.25, 0.3) is 0 Å². The molecular weight excluding hydrogens is 214 g/mol. The van der Waals surface area contributed by atoms with Crippen molar-refractivity contribution in [2.75, 3.05) is 24.1 Å². The van der Waals surface area contributed by atoms with Crippen LogP contribution in [-0.4, -0.2) is 39.5 Å². The third-order valence-electron chi connectivity index (χ3n) is 3.15. The van der Waals surface area contributed by atoms with Crippen molar-refractivity contribution >= 4 is 11.8 Å². The molecule has 0 bridgehead atoms. The minimum atomic E-state index is 0.229. The van der Waals surface area contributed by atoms with Gasteiger partial charge in [-0.25, -0.2) is 4.98 Å². The highest BCUT2D eigenvalue weighted by molar-refractivity contribution is 5.36. The molecule has 5 heteroatoms. The van der Waals surface area contributed by atoms with E-state index in [1.807, 2.05) is 0 Å². The van der Waals surface area contributed by atoms with Crippen LogP contribution in [0.15, 0.2) is 12.3 Å². The van der Waals surface area contributed by atoms with E-state index in [9.17, 15) is 0 Å². The number of nitrogens with one attached hydrogen (secondary N) is 1. The predicted molar refractivity (Wildman–Crippen MR) is 69.8 cm³/mol. The number of nitrogens with two attached hydrogens (primary N) is 1. The fourth-order valence-corrected chi connectivity index (χ4v) is 2.11. The normalized spacial score (nSPS) is 21.7. The van der Waals surface area contributed by atoms with Crippen LogP contribution in [0.5, 0.6) is 0 Å². The summed E-state index contributed by atoms with van der Waals surface area (Å²) in [7, 11) is 0. The van der Waals surface area contributed by atoms with Crippen LogP contribution in [0.2, 0.25) is 0 Å². The average Bonchev–Trinajstić information content (AvgIpc) is 2.65. The van der Waals surface area contributed by atoms with Crippen molar-refractivity contribution in [2.24, 2.45) is 0 Å². The van der Waals surface area contributed by atoms with Crippen molar-refractivity contribution < 1.29 is 0 Å². The third-order valence-corrected chi connectivity index (χ3v) is 3.15. The summed E-state index contributed by atoms with van der Waals surface area (Å²) >= 11 is 0. The highest BCUT2D eigenvalue weighted by Gasteiger charge is 2.30. The Kier molecular flexibility index (Phi) is 3.19. The lowest BCUT2D eigenvalue weighted by molar-refractivity contribution is 0.174. The molecule has 0 spiro atoms. The van der Waals surface area contributed by atoms with Gasteiger partial charge in [0.05, 0.1) is 0 Å². The largest absolute Gasteiger partial charge is 0.384 e. The molecule has 1 atom stereocenters. The standard InChI is InChI=1S/C12H21N5/c1-12(2,3)17-7-5-9(8-17)15-11-14-6-4-10(13)16-11/h4,6,9H,5,7-8H2,1-3H3,(H3,13,14,15,16). The molecule has 2 heterocycles. The van der Waals surface area contributed by atoms with Crippen LogP contribution in [0.1, 0.15) is 27.2 Å². The van der Waals surface area contributed by atoms with Gasteiger partial charge < -0.3 is 11.1 Å². The molecule has 1 aliphatic rings. The minimum absolute atomic E-state index is 0.229. The molecule has 5 nitrogen and oxygen atoms in total. The second kappa shape index (κ2) is 4.49. The molecule has 17 heavy (non-hydrogen) atoms. The van der Waals surface area contributed by atoms with Crippen LogP contribution >= 0.6 is 0 Å². The monoisotopic (exact) mass is 235 g/mol. The van der Waals surface area contributed by atoms with Gasteiger partial charge in [0.2, 0.25) is 5.95 Å². The Hall–Kier alpha value is -1.36. The molecule has 0 aromatic carbocycles.